The summed E-state index contributed by atoms with van der Waals surface area (Å²) >= 11 is 0. The molecule has 0 bridgehead atoms. The molecule has 1 atom stereocenters. The largest absolute Gasteiger partial charge is 0.493 e. The Morgan fingerprint density at radius 2 is 1.62 bits per heavy atom. The second-order valence-electron chi connectivity index (χ2n) is 9.73. The Labute approximate surface area is 227 Å². The molecule has 2 N–H and O–H groups in total. The lowest BCUT2D eigenvalue weighted by Crippen LogP contribution is -2.25. The smallest absolute Gasteiger partial charge is 0.308 e. The molecule has 1 saturated carbocycles. The zero-order valence-electron chi connectivity index (χ0n) is 21.7. The van der Waals surface area contributed by atoms with Gasteiger partial charge in [0, 0.05) is 24.3 Å². The molecular weight excluding hydrogens is 532 g/mol. The van der Waals surface area contributed by atoms with E-state index in [-0.39, 0.29) is 30.3 Å². The molecule has 2 aromatic carbocycles. The van der Waals surface area contributed by atoms with E-state index >= 15 is 8.78 Å². The molecule has 4 rings (SSSR count). The van der Waals surface area contributed by atoms with E-state index in [1.165, 1.54) is 0 Å². The summed E-state index contributed by atoms with van der Waals surface area (Å²) in [7, 11) is 0. The topological polar surface area (TPSA) is 101 Å². The number of nitrogens with two attached hydrogens (primary N) is 1. The number of carbonyl (C=O) groups excluding carboxylic acids is 2. The Kier molecular flexibility index (Phi) is 8.91. The average molecular weight is 561 g/mol. The normalized spacial score (nSPS) is 14.2. The molecule has 3 aromatic rings. The fraction of sp³-hybridized carbons (Fsp3) is 0.345. The van der Waals surface area contributed by atoms with Crippen LogP contribution in [-0.2, 0) is 9.53 Å². The van der Waals surface area contributed by atoms with Crippen LogP contribution in [0.2, 0.25) is 0 Å². The van der Waals surface area contributed by atoms with Crippen molar-refractivity contribution in [2.75, 3.05) is 12.3 Å². The van der Waals surface area contributed by atoms with Gasteiger partial charge in [-0.2, -0.15) is 0 Å². The van der Waals surface area contributed by atoms with Crippen LogP contribution in [0, 0.1) is 29.2 Å². The number of hydrogen-bond donors (Lipinski definition) is 1. The molecular formula is C29H28F4N2O5. The SMILES string of the molecule is C[C@@H](CCCOc1cc(F)c(-n2c(N)c(C(=O)c3ccc(F)cc3F)ccc2=O)c(F)c1)C(=O)OC1CCCC1. The number of aromatic nitrogens is 1. The van der Waals surface area contributed by atoms with Crippen molar-refractivity contribution in [1.82, 2.24) is 4.57 Å². The molecule has 40 heavy (non-hydrogen) atoms. The number of hydrogen-bond acceptors (Lipinski definition) is 6. The molecule has 0 aliphatic heterocycles. The van der Waals surface area contributed by atoms with Crippen molar-refractivity contribution in [2.45, 2.75) is 51.6 Å². The highest BCUT2D eigenvalue weighted by atomic mass is 19.1. The molecule has 212 valence electrons. The van der Waals surface area contributed by atoms with Gasteiger partial charge in [0.05, 0.1) is 23.7 Å². The Hall–Kier alpha value is -4.15. The monoisotopic (exact) mass is 560 g/mol. The van der Waals surface area contributed by atoms with E-state index in [0.29, 0.717) is 23.5 Å². The minimum atomic E-state index is -1.20. The molecule has 1 aliphatic carbocycles. The van der Waals surface area contributed by atoms with E-state index in [2.05, 4.69) is 0 Å². The third-order valence-corrected chi connectivity index (χ3v) is 6.80. The van der Waals surface area contributed by atoms with Crippen LogP contribution in [0.5, 0.6) is 5.75 Å². The number of ether oxygens (including phenoxy) is 2. The van der Waals surface area contributed by atoms with E-state index in [1.54, 1.807) is 6.92 Å². The first-order valence-electron chi connectivity index (χ1n) is 12.9. The highest BCUT2D eigenvalue weighted by Crippen LogP contribution is 2.28. The maximum absolute atomic E-state index is 15.1. The van der Waals surface area contributed by atoms with Crippen LogP contribution in [0.1, 0.15) is 61.4 Å². The van der Waals surface area contributed by atoms with E-state index < -0.39 is 57.2 Å². The number of nitrogen functional groups attached to an aromatic ring is 1. The molecule has 1 fully saturated rings. The van der Waals surface area contributed by atoms with Crippen molar-refractivity contribution in [1.29, 1.82) is 0 Å². The molecule has 1 aromatic heterocycles. The molecule has 11 heteroatoms. The molecule has 1 aliphatic rings. The predicted octanol–water partition coefficient (Wildman–Crippen LogP) is 5.49. The Morgan fingerprint density at radius 3 is 2.27 bits per heavy atom. The second-order valence-corrected chi connectivity index (χ2v) is 9.73. The lowest BCUT2D eigenvalue weighted by atomic mass is 10.0. The molecule has 0 saturated heterocycles. The summed E-state index contributed by atoms with van der Waals surface area (Å²) in [6.45, 7) is 1.81. The van der Waals surface area contributed by atoms with Gasteiger partial charge < -0.3 is 15.2 Å². The fourth-order valence-corrected chi connectivity index (χ4v) is 4.62. The van der Waals surface area contributed by atoms with Gasteiger partial charge in [0.2, 0.25) is 0 Å². The van der Waals surface area contributed by atoms with Crippen LogP contribution in [-0.4, -0.2) is 29.0 Å². The van der Waals surface area contributed by atoms with Gasteiger partial charge in [-0.05, 0) is 56.7 Å². The summed E-state index contributed by atoms with van der Waals surface area (Å²) in [6, 6.07) is 5.83. The Balaban J connectivity index is 1.47. The third-order valence-electron chi connectivity index (χ3n) is 6.80. The van der Waals surface area contributed by atoms with Crippen molar-refractivity contribution in [3.8, 4) is 11.4 Å². The van der Waals surface area contributed by atoms with Crippen LogP contribution in [0.4, 0.5) is 23.4 Å². The minimum absolute atomic E-state index is 0.0277. The van der Waals surface area contributed by atoms with Gasteiger partial charge >= 0.3 is 5.97 Å². The number of rotatable bonds is 10. The van der Waals surface area contributed by atoms with Crippen molar-refractivity contribution in [2.24, 2.45) is 5.92 Å². The summed E-state index contributed by atoms with van der Waals surface area (Å²) < 4.78 is 68.9. The van der Waals surface area contributed by atoms with Crippen LogP contribution >= 0.6 is 0 Å². The number of pyridine rings is 1. The van der Waals surface area contributed by atoms with Gasteiger partial charge in [-0.3, -0.25) is 19.0 Å². The van der Waals surface area contributed by atoms with Crippen LogP contribution in [0.25, 0.3) is 5.69 Å². The van der Waals surface area contributed by atoms with Crippen LogP contribution < -0.4 is 16.0 Å². The van der Waals surface area contributed by atoms with E-state index in [0.717, 1.165) is 62.1 Å². The zero-order chi connectivity index (χ0) is 29.0. The van der Waals surface area contributed by atoms with Gasteiger partial charge in [-0.15, -0.1) is 0 Å². The maximum atomic E-state index is 15.1. The average Bonchev–Trinajstić information content (AvgIpc) is 3.40. The predicted molar refractivity (Wildman–Crippen MR) is 138 cm³/mol. The number of anilines is 1. The maximum Gasteiger partial charge on any atom is 0.308 e. The lowest BCUT2D eigenvalue weighted by Gasteiger charge is -2.17. The number of esters is 1. The van der Waals surface area contributed by atoms with Crippen molar-refractivity contribution >= 4 is 17.6 Å². The highest BCUT2D eigenvalue weighted by molar-refractivity contribution is 6.11. The lowest BCUT2D eigenvalue weighted by molar-refractivity contribution is -0.153. The number of ketones is 1. The first-order chi connectivity index (χ1) is 19.1. The summed E-state index contributed by atoms with van der Waals surface area (Å²) in [5.41, 5.74) is 3.21. The van der Waals surface area contributed by atoms with E-state index in [9.17, 15) is 23.2 Å². The van der Waals surface area contributed by atoms with Gasteiger partial charge in [-0.1, -0.05) is 6.92 Å². The molecule has 0 radical (unpaired) electrons. The molecule has 0 spiro atoms. The van der Waals surface area contributed by atoms with Crippen molar-refractivity contribution < 1.29 is 36.6 Å². The fourth-order valence-electron chi connectivity index (χ4n) is 4.62. The first kappa shape index (κ1) is 28.8. The Bertz CT molecular complexity index is 1460. The molecule has 7 nitrogen and oxygen atoms in total. The zero-order valence-corrected chi connectivity index (χ0v) is 21.7. The quantitative estimate of drug-likeness (QED) is 0.152. The first-order valence-corrected chi connectivity index (χ1v) is 12.9. The minimum Gasteiger partial charge on any atom is -0.493 e. The van der Waals surface area contributed by atoms with Gasteiger partial charge in [-0.25, -0.2) is 17.6 Å². The number of halogens is 4. The van der Waals surface area contributed by atoms with E-state index in [1.807, 2.05) is 0 Å². The summed E-state index contributed by atoms with van der Waals surface area (Å²) in [6.07, 6.45) is 4.69. The van der Waals surface area contributed by atoms with Gasteiger partial charge in [0.15, 0.2) is 17.4 Å². The van der Waals surface area contributed by atoms with Crippen LogP contribution in [0.15, 0.2) is 47.3 Å². The number of nitrogens with zero attached hydrogens (tertiary/aromatic N) is 1. The van der Waals surface area contributed by atoms with Crippen molar-refractivity contribution in [3.63, 3.8) is 0 Å². The summed E-state index contributed by atoms with van der Waals surface area (Å²) in [4.78, 5) is 37.6. The number of carbonyl (C=O) groups is 2. The third kappa shape index (κ3) is 6.35. The van der Waals surface area contributed by atoms with Gasteiger partial charge in [0.25, 0.3) is 5.56 Å². The number of benzene rings is 2. The Morgan fingerprint density at radius 1 is 0.975 bits per heavy atom. The summed E-state index contributed by atoms with van der Waals surface area (Å²) in [5, 5.41) is 0. The highest BCUT2D eigenvalue weighted by Gasteiger charge is 2.24. The second kappa shape index (κ2) is 12.4. The van der Waals surface area contributed by atoms with Gasteiger partial charge in [0.1, 0.15) is 35.0 Å². The summed E-state index contributed by atoms with van der Waals surface area (Å²) in [5.74, 6) is -6.91. The van der Waals surface area contributed by atoms with Crippen LogP contribution in [0.3, 0.4) is 0 Å². The molecule has 1 heterocycles. The molecule has 0 unspecified atom stereocenters. The van der Waals surface area contributed by atoms with E-state index in [4.69, 9.17) is 15.2 Å². The standard InChI is InChI=1S/C29H28F4N2O5/c1-16(29(38)40-18-6-2-3-7-18)5-4-12-39-19-14-23(32)26(24(33)15-19)35-25(36)11-10-21(28(35)34)27(37)20-9-8-17(30)13-22(20)31/h8-11,13-16,18H,2-7,12,34H2,1H3/t16-/m0/s1. The molecule has 0 amide bonds. The van der Waals surface area contributed by atoms with Crippen molar-refractivity contribution in [3.05, 3.63) is 87.2 Å².